The van der Waals surface area contributed by atoms with E-state index in [0.717, 1.165) is 5.56 Å². The zero-order chi connectivity index (χ0) is 12.3. The van der Waals surface area contributed by atoms with Crippen LogP contribution >= 0.6 is 11.6 Å². The van der Waals surface area contributed by atoms with E-state index in [1.54, 1.807) is 18.2 Å². The summed E-state index contributed by atoms with van der Waals surface area (Å²) in [5.74, 6) is 0. The van der Waals surface area contributed by atoms with Gasteiger partial charge in [0.2, 0.25) is 0 Å². The summed E-state index contributed by atoms with van der Waals surface area (Å²) in [4.78, 5) is 15.0. The number of oxazole rings is 1. The number of nitrogens with one attached hydrogen (secondary N) is 1. The Bertz CT molecular complexity index is 539. The van der Waals surface area contributed by atoms with Crippen molar-refractivity contribution in [2.45, 2.75) is 0 Å². The van der Waals surface area contributed by atoms with Gasteiger partial charge in [-0.05, 0) is 23.7 Å². The van der Waals surface area contributed by atoms with Gasteiger partial charge in [0.05, 0.1) is 7.11 Å². The highest BCUT2D eigenvalue weighted by Crippen LogP contribution is 2.23. The van der Waals surface area contributed by atoms with Crippen molar-refractivity contribution in [1.82, 2.24) is 4.98 Å². The van der Waals surface area contributed by atoms with Crippen molar-refractivity contribution in [3.63, 3.8) is 0 Å². The van der Waals surface area contributed by atoms with E-state index in [2.05, 4.69) is 15.0 Å². The van der Waals surface area contributed by atoms with E-state index >= 15 is 0 Å². The fourth-order valence-electron chi connectivity index (χ4n) is 1.31. The normalized spacial score (nSPS) is 10.0. The monoisotopic (exact) mass is 252 g/mol. The molecule has 0 aliphatic heterocycles. The highest BCUT2D eigenvalue weighted by Gasteiger charge is 2.06. The molecule has 0 atom stereocenters. The molecule has 5 nitrogen and oxygen atoms in total. The number of hydrogen-bond acceptors (Lipinski definition) is 4. The molecule has 0 aliphatic rings. The van der Waals surface area contributed by atoms with Crippen LogP contribution in [0.1, 0.15) is 0 Å². The second kappa shape index (κ2) is 4.88. The number of methoxy groups -OCH3 is 1. The lowest BCUT2D eigenvalue weighted by atomic mass is 10.1. The van der Waals surface area contributed by atoms with Crippen LogP contribution in [0.4, 0.5) is 10.5 Å². The van der Waals surface area contributed by atoms with E-state index in [4.69, 9.17) is 16.0 Å². The van der Waals surface area contributed by atoms with Gasteiger partial charge in [0, 0.05) is 11.3 Å². The predicted molar refractivity (Wildman–Crippen MR) is 63.0 cm³/mol. The average Bonchev–Trinajstić information content (AvgIpc) is 2.76. The number of nitrogens with zero attached hydrogens (tertiary/aromatic N) is 1. The third kappa shape index (κ3) is 2.76. The number of halogens is 1. The summed E-state index contributed by atoms with van der Waals surface area (Å²) < 4.78 is 9.40. The summed E-state index contributed by atoms with van der Waals surface area (Å²) in [5.41, 5.74) is 1.99. The van der Waals surface area contributed by atoms with Gasteiger partial charge in [0.1, 0.15) is 12.0 Å². The number of amides is 1. The molecule has 0 unspecified atom stereocenters. The fraction of sp³-hybridized carbons (Fsp3) is 0.0909. The van der Waals surface area contributed by atoms with E-state index in [-0.39, 0.29) is 5.35 Å². The van der Waals surface area contributed by atoms with Gasteiger partial charge in [-0.2, -0.15) is 4.98 Å². The number of carbonyl (C=O) groups is 1. The predicted octanol–water partition coefficient (Wildman–Crippen LogP) is 3.17. The minimum absolute atomic E-state index is 0.0753. The van der Waals surface area contributed by atoms with E-state index in [1.165, 1.54) is 13.4 Å². The Hall–Kier alpha value is -2.01. The Morgan fingerprint density at radius 3 is 3.00 bits per heavy atom. The lowest BCUT2D eigenvalue weighted by molar-refractivity contribution is 0.187. The number of rotatable bonds is 2. The van der Waals surface area contributed by atoms with E-state index < -0.39 is 6.09 Å². The maximum absolute atomic E-state index is 11.0. The third-order valence-electron chi connectivity index (χ3n) is 2.07. The van der Waals surface area contributed by atoms with Crippen LogP contribution in [0, 0.1) is 0 Å². The number of anilines is 1. The molecule has 0 aliphatic carbocycles. The largest absolute Gasteiger partial charge is 0.453 e. The molecule has 17 heavy (non-hydrogen) atoms. The molecule has 2 rings (SSSR count). The van der Waals surface area contributed by atoms with Gasteiger partial charge in [-0.1, -0.05) is 12.1 Å². The van der Waals surface area contributed by atoms with Crippen LogP contribution in [0.15, 0.2) is 34.9 Å². The Kier molecular flexibility index (Phi) is 3.30. The molecule has 1 aromatic carbocycles. The van der Waals surface area contributed by atoms with Gasteiger partial charge in [-0.3, -0.25) is 5.32 Å². The SMILES string of the molecule is COC(=O)Nc1cccc(-c2coc(Cl)n2)c1. The molecule has 0 spiro atoms. The first-order valence-electron chi connectivity index (χ1n) is 4.75. The Labute approximate surface area is 102 Å². The summed E-state index contributed by atoms with van der Waals surface area (Å²) >= 11 is 5.59. The maximum Gasteiger partial charge on any atom is 0.411 e. The number of hydrogen-bond donors (Lipinski definition) is 1. The van der Waals surface area contributed by atoms with Crippen molar-refractivity contribution in [2.24, 2.45) is 0 Å². The maximum atomic E-state index is 11.0. The molecule has 1 amide bonds. The first-order valence-corrected chi connectivity index (χ1v) is 5.13. The van der Waals surface area contributed by atoms with Crippen LogP contribution in [-0.2, 0) is 4.74 Å². The van der Waals surface area contributed by atoms with E-state index in [9.17, 15) is 4.79 Å². The summed E-state index contributed by atoms with van der Waals surface area (Å²) in [6.45, 7) is 0. The molecule has 1 N–H and O–H groups in total. The van der Waals surface area contributed by atoms with Crippen molar-refractivity contribution < 1.29 is 13.9 Å². The standard InChI is InChI=1S/C11H9ClN2O3/c1-16-11(15)13-8-4-2-3-7(5-8)9-6-17-10(12)14-9/h2-6H,1H3,(H,13,15). The van der Waals surface area contributed by atoms with Crippen molar-refractivity contribution >= 4 is 23.4 Å². The summed E-state index contributed by atoms with van der Waals surface area (Å²) in [5, 5.41) is 2.63. The van der Waals surface area contributed by atoms with Gasteiger partial charge in [-0.15, -0.1) is 0 Å². The molecule has 6 heteroatoms. The van der Waals surface area contributed by atoms with Crippen LogP contribution in [0.25, 0.3) is 11.3 Å². The average molecular weight is 253 g/mol. The zero-order valence-electron chi connectivity index (χ0n) is 8.94. The number of ether oxygens (including phenoxy) is 1. The lowest BCUT2D eigenvalue weighted by Gasteiger charge is -2.04. The Morgan fingerprint density at radius 2 is 2.35 bits per heavy atom. The van der Waals surface area contributed by atoms with Crippen LogP contribution in [0.5, 0.6) is 0 Å². The molecular weight excluding hydrogens is 244 g/mol. The topological polar surface area (TPSA) is 64.4 Å². The first kappa shape index (κ1) is 11.5. The highest BCUT2D eigenvalue weighted by molar-refractivity contribution is 6.27. The zero-order valence-corrected chi connectivity index (χ0v) is 9.69. The van der Waals surface area contributed by atoms with Crippen molar-refractivity contribution in [3.8, 4) is 11.3 Å². The second-order valence-corrected chi connectivity index (χ2v) is 3.51. The Morgan fingerprint density at radius 1 is 1.53 bits per heavy atom. The van der Waals surface area contributed by atoms with Crippen LogP contribution in [-0.4, -0.2) is 18.2 Å². The summed E-state index contributed by atoms with van der Waals surface area (Å²) in [7, 11) is 1.30. The molecule has 0 bridgehead atoms. The summed E-state index contributed by atoms with van der Waals surface area (Å²) in [6.07, 6.45) is 0.917. The minimum Gasteiger partial charge on any atom is -0.453 e. The van der Waals surface area contributed by atoms with Crippen LogP contribution < -0.4 is 5.32 Å². The van der Waals surface area contributed by atoms with E-state index in [0.29, 0.717) is 11.4 Å². The molecule has 1 aromatic heterocycles. The molecule has 0 saturated heterocycles. The quantitative estimate of drug-likeness (QED) is 0.892. The molecule has 0 saturated carbocycles. The van der Waals surface area contributed by atoms with Gasteiger partial charge in [0.15, 0.2) is 0 Å². The van der Waals surface area contributed by atoms with Crippen molar-refractivity contribution in [3.05, 3.63) is 35.9 Å². The Balaban J connectivity index is 2.25. The highest BCUT2D eigenvalue weighted by atomic mass is 35.5. The van der Waals surface area contributed by atoms with Crippen LogP contribution in [0.3, 0.4) is 0 Å². The van der Waals surface area contributed by atoms with Crippen LogP contribution in [0.2, 0.25) is 5.35 Å². The molecule has 88 valence electrons. The van der Waals surface area contributed by atoms with Gasteiger partial charge < -0.3 is 9.15 Å². The molecular formula is C11H9ClN2O3. The van der Waals surface area contributed by atoms with Crippen molar-refractivity contribution in [1.29, 1.82) is 0 Å². The summed E-state index contributed by atoms with van der Waals surface area (Å²) in [6, 6.07) is 7.09. The molecule has 2 aromatic rings. The van der Waals surface area contributed by atoms with Gasteiger partial charge in [-0.25, -0.2) is 4.79 Å². The molecule has 1 heterocycles. The lowest BCUT2D eigenvalue weighted by Crippen LogP contribution is -2.10. The third-order valence-corrected chi connectivity index (χ3v) is 2.24. The smallest absolute Gasteiger partial charge is 0.411 e. The number of aromatic nitrogens is 1. The second-order valence-electron chi connectivity index (χ2n) is 3.18. The first-order chi connectivity index (χ1) is 8.19. The number of carbonyl (C=O) groups excluding carboxylic acids is 1. The minimum atomic E-state index is -0.527. The van der Waals surface area contributed by atoms with E-state index in [1.807, 2.05) is 6.07 Å². The fourth-order valence-corrected chi connectivity index (χ4v) is 1.45. The van der Waals surface area contributed by atoms with Crippen molar-refractivity contribution in [2.75, 3.05) is 12.4 Å². The number of benzene rings is 1. The van der Waals surface area contributed by atoms with Gasteiger partial charge in [0.25, 0.3) is 5.35 Å². The molecule has 0 radical (unpaired) electrons. The molecule has 0 fully saturated rings. The van der Waals surface area contributed by atoms with Gasteiger partial charge >= 0.3 is 6.09 Å².